The maximum absolute atomic E-state index is 12.5. The highest BCUT2D eigenvalue weighted by Gasteiger charge is 2.29. The van der Waals surface area contributed by atoms with E-state index in [4.69, 9.17) is 4.74 Å². The van der Waals surface area contributed by atoms with Gasteiger partial charge in [0.1, 0.15) is 5.75 Å². The summed E-state index contributed by atoms with van der Waals surface area (Å²) in [6.45, 7) is 7.52. The summed E-state index contributed by atoms with van der Waals surface area (Å²) in [5.74, 6) is 0.777. The van der Waals surface area contributed by atoms with E-state index in [1.807, 2.05) is 19.1 Å². The Balaban J connectivity index is 2.08. The van der Waals surface area contributed by atoms with Gasteiger partial charge in [0, 0.05) is 53.7 Å². The zero-order chi connectivity index (χ0) is 18.4. The van der Waals surface area contributed by atoms with Crippen molar-refractivity contribution in [3.8, 4) is 5.75 Å². The van der Waals surface area contributed by atoms with Crippen molar-refractivity contribution in [1.29, 1.82) is 0 Å². The molecule has 1 aromatic rings. The van der Waals surface area contributed by atoms with Crippen LogP contribution in [0, 0.1) is 5.92 Å². The smallest absolute Gasteiger partial charge is 0.228 e. The SMILES string of the molecule is CCOc1ccc(CN2CCN(C(C)=O)C[C@H](C(=O)N(C)C)C2)cc1. The molecule has 0 unspecified atom stereocenters. The lowest BCUT2D eigenvalue weighted by Gasteiger charge is -2.25. The number of ether oxygens (including phenoxy) is 1. The van der Waals surface area contributed by atoms with Gasteiger partial charge in [-0.05, 0) is 24.6 Å². The van der Waals surface area contributed by atoms with E-state index in [2.05, 4.69) is 17.0 Å². The Morgan fingerprint density at radius 2 is 1.84 bits per heavy atom. The molecule has 0 spiro atoms. The molecule has 1 atom stereocenters. The van der Waals surface area contributed by atoms with Crippen LogP contribution < -0.4 is 4.74 Å². The minimum absolute atomic E-state index is 0.0273. The molecule has 1 heterocycles. The molecule has 2 amide bonds. The topological polar surface area (TPSA) is 53.1 Å². The molecule has 25 heavy (non-hydrogen) atoms. The third-order valence-corrected chi connectivity index (χ3v) is 4.48. The molecule has 2 rings (SSSR count). The molecule has 1 aliphatic heterocycles. The molecule has 1 aliphatic rings. The highest BCUT2D eigenvalue weighted by atomic mass is 16.5. The van der Waals surface area contributed by atoms with Crippen LogP contribution in [0.25, 0.3) is 0 Å². The summed E-state index contributed by atoms with van der Waals surface area (Å²) < 4.78 is 5.48. The first-order valence-corrected chi connectivity index (χ1v) is 8.81. The second kappa shape index (κ2) is 8.85. The fraction of sp³-hybridized carbons (Fsp3) is 0.579. The van der Waals surface area contributed by atoms with Crippen molar-refractivity contribution in [3.05, 3.63) is 29.8 Å². The lowest BCUT2D eigenvalue weighted by Crippen LogP contribution is -2.41. The van der Waals surface area contributed by atoms with Gasteiger partial charge in [-0.1, -0.05) is 12.1 Å². The van der Waals surface area contributed by atoms with Gasteiger partial charge in [0.15, 0.2) is 0 Å². The summed E-state index contributed by atoms with van der Waals surface area (Å²) >= 11 is 0. The average molecular weight is 347 g/mol. The molecule has 138 valence electrons. The van der Waals surface area contributed by atoms with Crippen LogP contribution in [-0.4, -0.2) is 73.4 Å². The summed E-state index contributed by atoms with van der Waals surface area (Å²) in [5.41, 5.74) is 1.18. The van der Waals surface area contributed by atoms with Gasteiger partial charge < -0.3 is 14.5 Å². The second-order valence-corrected chi connectivity index (χ2v) is 6.71. The van der Waals surface area contributed by atoms with E-state index < -0.39 is 0 Å². The first-order valence-electron chi connectivity index (χ1n) is 8.81. The Hall–Kier alpha value is -2.08. The van der Waals surface area contributed by atoms with Gasteiger partial charge in [0.25, 0.3) is 0 Å². The molecule has 1 fully saturated rings. The number of hydrogen-bond acceptors (Lipinski definition) is 4. The predicted molar refractivity (Wildman–Crippen MR) is 97.3 cm³/mol. The largest absolute Gasteiger partial charge is 0.494 e. The first kappa shape index (κ1) is 19.2. The van der Waals surface area contributed by atoms with Crippen LogP contribution in [-0.2, 0) is 16.1 Å². The van der Waals surface area contributed by atoms with Crippen molar-refractivity contribution in [3.63, 3.8) is 0 Å². The van der Waals surface area contributed by atoms with Gasteiger partial charge in [0.05, 0.1) is 12.5 Å². The van der Waals surface area contributed by atoms with E-state index >= 15 is 0 Å². The molecule has 6 heteroatoms. The van der Waals surface area contributed by atoms with Crippen molar-refractivity contribution in [1.82, 2.24) is 14.7 Å². The highest BCUT2D eigenvalue weighted by Crippen LogP contribution is 2.17. The van der Waals surface area contributed by atoms with E-state index in [1.165, 1.54) is 5.56 Å². The summed E-state index contributed by atoms with van der Waals surface area (Å²) in [4.78, 5) is 30.0. The molecule has 0 N–H and O–H groups in total. The number of carbonyl (C=O) groups is 2. The second-order valence-electron chi connectivity index (χ2n) is 6.71. The van der Waals surface area contributed by atoms with Crippen LogP contribution in [0.4, 0.5) is 0 Å². The van der Waals surface area contributed by atoms with Gasteiger partial charge in [0.2, 0.25) is 11.8 Å². The normalized spacial score (nSPS) is 18.6. The number of hydrogen-bond donors (Lipinski definition) is 0. The number of carbonyl (C=O) groups excluding carboxylic acids is 2. The van der Waals surface area contributed by atoms with Crippen molar-refractivity contribution in [2.45, 2.75) is 20.4 Å². The van der Waals surface area contributed by atoms with E-state index in [0.29, 0.717) is 26.2 Å². The molecule has 0 bridgehead atoms. The van der Waals surface area contributed by atoms with Crippen LogP contribution in [0.2, 0.25) is 0 Å². The lowest BCUT2D eigenvalue weighted by atomic mass is 10.1. The molecular formula is C19H29N3O3. The Morgan fingerprint density at radius 3 is 2.40 bits per heavy atom. The van der Waals surface area contributed by atoms with Crippen molar-refractivity contribution < 1.29 is 14.3 Å². The summed E-state index contributed by atoms with van der Waals surface area (Å²) in [7, 11) is 3.53. The number of benzene rings is 1. The maximum atomic E-state index is 12.5. The Morgan fingerprint density at radius 1 is 1.16 bits per heavy atom. The van der Waals surface area contributed by atoms with E-state index in [0.717, 1.165) is 18.8 Å². The van der Waals surface area contributed by atoms with Gasteiger partial charge in [-0.15, -0.1) is 0 Å². The molecule has 0 radical (unpaired) electrons. The van der Waals surface area contributed by atoms with E-state index in [9.17, 15) is 9.59 Å². The Bertz CT molecular complexity index is 586. The van der Waals surface area contributed by atoms with Crippen molar-refractivity contribution in [2.75, 3.05) is 46.9 Å². The summed E-state index contributed by atoms with van der Waals surface area (Å²) in [6.07, 6.45) is 0. The lowest BCUT2D eigenvalue weighted by molar-refractivity contribution is -0.135. The van der Waals surface area contributed by atoms with Crippen molar-refractivity contribution >= 4 is 11.8 Å². The van der Waals surface area contributed by atoms with Gasteiger partial charge in [-0.3, -0.25) is 14.5 Å². The quantitative estimate of drug-likeness (QED) is 0.809. The third-order valence-electron chi connectivity index (χ3n) is 4.48. The van der Waals surface area contributed by atoms with Gasteiger partial charge in [-0.25, -0.2) is 0 Å². The minimum atomic E-state index is -0.191. The number of rotatable bonds is 5. The summed E-state index contributed by atoms with van der Waals surface area (Å²) in [6, 6.07) is 8.06. The van der Waals surface area contributed by atoms with Crippen LogP contribution in [0.15, 0.2) is 24.3 Å². The molecule has 1 aromatic carbocycles. The first-order chi connectivity index (χ1) is 11.9. The van der Waals surface area contributed by atoms with Crippen LogP contribution in [0.1, 0.15) is 19.4 Å². The zero-order valence-electron chi connectivity index (χ0n) is 15.7. The van der Waals surface area contributed by atoms with Gasteiger partial charge >= 0.3 is 0 Å². The van der Waals surface area contributed by atoms with Crippen LogP contribution in [0.3, 0.4) is 0 Å². The monoisotopic (exact) mass is 347 g/mol. The number of amides is 2. The molecule has 0 aromatic heterocycles. The van der Waals surface area contributed by atoms with Crippen molar-refractivity contribution in [2.24, 2.45) is 5.92 Å². The molecule has 0 saturated carbocycles. The maximum Gasteiger partial charge on any atom is 0.228 e. The molecule has 1 saturated heterocycles. The molecule has 0 aliphatic carbocycles. The van der Waals surface area contributed by atoms with E-state index in [1.54, 1.807) is 30.8 Å². The fourth-order valence-electron chi connectivity index (χ4n) is 3.15. The standard InChI is InChI=1S/C19H29N3O3/c1-5-25-18-8-6-16(7-9-18)12-21-10-11-22(15(2)23)14-17(13-21)19(24)20(3)4/h6-9,17H,5,10-14H2,1-4H3/t17-/m1/s1. The Kier molecular flexibility index (Phi) is 6.82. The van der Waals surface area contributed by atoms with Gasteiger partial charge in [-0.2, -0.15) is 0 Å². The predicted octanol–water partition coefficient (Wildman–Crippen LogP) is 1.45. The zero-order valence-corrected chi connectivity index (χ0v) is 15.7. The van der Waals surface area contributed by atoms with Crippen LogP contribution >= 0.6 is 0 Å². The third kappa shape index (κ3) is 5.46. The molecular weight excluding hydrogens is 318 g/mol. The fourth-order valence-corrected chi connectivity index (χ4v) is 3.15. The summed E-state index contributed by atoms with van der Waals surface area (Å²) in [5, 5.41) is 0. The minimum Gasteiger partial charge on any atom is -0.494 e. The van der Waals surface area contributed by atoms with Crippen LogP contribution in [0.5, 0.6) is 5.75 Å². The average Bonchev–Trinajstić information content (AvgIpc) is 2.79. The molecule has 6 nitrogen and oxygen atoms in total. The number of nitrogens with zero attached hydrogens (tertiary/aromatic N) is 3. The Labute approximate surface area is 150 Å². The van der Waals surface area contributed by atoms with E-state index in [-0.39, 0.29) is 17.7 Å². The highest BCUT2D eigenvalue weighted by molar-refractivity contribution is 5.80.